The first-order chi connectivity index (χ1) is 8.65. The Labute approximate surface area is 111 Å². The van der Waals surface area contributed by atoms with E-state index >= 15 is 0 Å². The lowest BCUT2D eigenvalue weighted by atomic mass is 9.95. The second-order valence-corrected chi connectivity index (χ2v) is 5.74. The van der Waals surface area contributed by atoms with E-state index in [1.165, 1.54) is 11.1 Å². The molecule has 0 aromatic heterocycles. The van der Waals surface area contributed by atoms with E-state index in [2.05, 4.69) is 50.4 Å². The van der Waals surface area contributed by atoms with Crippen LogP contribution in [0.15, 0.2) is 24.3 Å². The molecule has 2 nitrogen and oxygen atoms in total. The van der Waals surface area contributed by atoms with Crippen molar-refractivity contribution in [1.29, 1.82) is 0 Å². The second kappa shape index (κ2) is 6.35. The third-order valence-electron chi connectivity index (χ3n) is 3.77. The van der Waals surface area contributed by atoms with Crippen molar-refractivity contribution in [2.24, 2.45) is 5.92 Å². The summed E-state index contributed by atoms with van der Waals surface area (Å²) in [5, 5.41) is 3.66. The first-order valence-electron chi connectivity index (χ1n) is 7.05. The maximum Gasteiger partial charge on any atom is 0.0612 e. The Kier molecular flexibility index (Phi) is 4.79. The molecule has 0 amide bonds. The van der Waals surface area contributed by atoms with E-state index in [0.29, 0.717) is 18.1 Å². The number of aryl methyl sites for hydroxylation is 1. The van der Waals surface area contributed by atoms with Gasteiger partial charge in [-0.3, -0.25) is 0 Å². The standard InChI is InChI=1S/C16H25NO/c1-12(2)16-10-15(8-9-18-16)17-11-14-6-4-13(3)5-7-14/h4-7,12,15-17H,8-11H2,1-3H3. The van der Waals surface area contributed by atoms with Gasteiger partial charge >= 0.3 is 0 Å². The molecule has 1 aliphatic heterocycles. The van der Waals surface area contributed by atoms with Gasteiger partial charge in [-0.05, 0) is 31.2 Å². The first kappa shape index (κ1) is 13.6. The summed E-state index contributed by atoms with van der Waals surface area (Å²) in [4.78, 5) is 0. The Morgan fingerprint density at radius 1 is 1.28 bits per heavy atom. The molecule has 0 saturated carbocycles. The molecule has 2 unspecified atom stereocenters. The highest BCUT2D eigenvalue weighted by molar-refractivity contribution is 5.21. The molecular formula is C16H25NO. The fourth-order valence-corrected chi connectivity index (χ4v) is 2.45. The molecule has 1 aromatic carbocycles. The number of rotatable bonds is 4. The molecule has 0 aliphatic carbocycles. The van der Waals surface area contributed by atoms with Crippen LogP contribution in [0, 0.1) is 12.8 Å². The predicted octanol–water partition coefficient (Wildman–Crippen LogP) is 3.29. The van der Waals surface area contributed by atoms with Gasteiger partial charge in [0.25, 0.3) is 0 Å². The summed E-state index contributed by atoms with van der Waals surface area (Å²) in [6.07, 6.45) is 2.70. The van der Waals surface area contributed by atoms with Gasteiger partial charge < -0.3 is 10.1 Å². The van der Waals surface area contributed by atoms with Crippen LogP contribution < -0.4 is 5.32 Å². The summed E-state index contributed by atoms with van der Waals surface area (Å²) < 4.78 is 5.80. The normalized spacial score (nSPS) is 24.4. The number of nitrogens with one attached hydrogen (secondary N) is 1. The minimum absolute atomic E-state index is 0.425. The highest BCUT2D eigenvalue weighted by Crippen LogP contribution is 2.20. The second-order valence-electron chi connectivity index (χ2n) is 5.74. The van der Waals surface area contributed by atoms with Crippen LogP contribution in [0.2, 0.25) is 0 Å². The van der Waals surface area contributed by atoms with Gasteiger partial charge in [0.2, 0.25) is 0 Å². The Bertz CT molecular complexity index is 358. The van der Waals surface area contributed by atoms with Gasteiger partial charge in [0.15, 0.2) is 0 Å². The van der Waals surface area contributed by atoms with E-state index in [-0.39, 0.29) is 0 Å². The van der Waals surface area contributed by atoms with Crippen LogP contribution in [-0.2, 0) is 11.3 Å². The topological polar surface area (TPSA) is 21.3 Å². The zero-order chi connectivity index (χ0) is 13.0. The zero-order valence-corrected chi connectivity index (χ0v) is 11.8. The quantitative estimate of drug-likeness (QED) is 0.881. The molecule has 18 heavy (non-hydrogen) atoms. The molecule has 100 valence electrons. The third kappa shape index (κ3) is 3.82. The van der Waals surface area contributed by atoms with E-state index in [0.717, 1.165) is 26.0 Å². The number of benzene rings is 1. The molecule has 1 saturated heterocycles. The van der Waals surface area contributed by atoms with Crippen molar-refractivity contribution in [3.63, 3.8) is 0 Å². The Morgan fingerprint density at radius 3 is 2.67 bits per heavy atom. The van der Waals surface area contributed by atoms with E-state index in [1.807, 2.05) is 0 Å². The summed E-state index contributed by atoms with van der Waals surface area (Å²) in [6, 6.07) is 9.38. The van der Waals surface area contributed by atoms with E-state index < -0.39 is 0 Å². The van der Waals surface area contributed by atoms with Gasteiger partial charge in [-0.2, -0.15) is 0 Å². The maximum absolute atomic E-state index is 5.80. The maximum atomic E-state index is 5.80. The van der Waals surface area contributed by atoms with Gasteiger partial charge in [0.1, 0.15) is 0 Å². The molecule has 1 aromatic rings. The average Bonchev–Trinajstić information content (AvgIpc) is 2.38. The molecule has 2 rings (SSSR count). The van der Waals surface area contributed by atoms with Crippen molar-refractivity contribution in [2.75, 3.05) is 6.61 Å². The molecule has 0 spiro atoms. The Hall–Kier alpha value is -0.860. The molecule has 0 radical (unpaired) electrons. The van der Waals surface area contributed by atoms with Gasteiger partial charge in [0, 0.05) is 19.2 Å². The van der Waals surface area contributed by atoms with Crippen molar-refractivity contribution in [1.82, 2.24) is 5.32 Å². The van der Waals surface area contributed by atoms with Crippen LogP contribution in [0.5, 0.6) is 0 Å². The van der Waals surface area contributed by atoms with Crippen molar-refractivity contribution in [3.8, 4) is 0 Å². The lowest BCUT2D eigenvalue weighted by molar-refractivity contribution is -0.0245. The van der Waals surface area contributed by atoms with E-state index in [4.69, 9.17) is 4.74 Å². The monoisotopic (exact) mass is 247 g/mol. The van der Waals surface area contributed by atoms with E-state index in [9.17, 15) is 0 Å². The zero-order valence-electron chi connectivity index (χ0n) is 11.8. The molecular weight excluding hydrogens is 222 g/mol. The first-order valence-corrected chi connectivity index (χ1v) is 7.05. The summed E-state index contributed by atoms with van der Waals surface area (Å²) in [5.74, 6) is 0.619. The summed E-state index contributed by atoms with van der Waals surface area (Å²) in [6.45, 7) is 8.48. The van der Waals surface area contributed by atoms with Crippen molar-refractivity contribution < 1.29 is 4.74 Å². The van der Waals surface area contributed by atoms with Crippen molar-refractivity contribution in [3.05, 3.63) is 35.4 Å². The summed E-state index contributed by atoms with van der Waals surface area (Å²) in [5.41, 5.74) is 2.69. The van der Waals surface area contributed by atoms with Crippen LogP contribution in [0.4, 0.5) is 0 Å². The van der Waals surface area contributed by atoms with Gasteiger partial charge in [-0.25, -0.2) is 0 Å². The molecule has 2 heteroatoms. The van der Waals surface area contributed by atoms with Crippen LogP contribution in [0.1, 0.15) is 37.8 Å². The van der Waals surface area contributed by atoms with Crippen LogP contribution in [0.3, 0.4) is 0 Å². The fourth-order valence-electron chi connectivity index (χ4n) is 2.45. The van der Waals surface area contributed by atoms with E-state index in [1.54, 1.807) is 0 Å². The molecule has 1 heterocycles. The lowest BCUT2D eigenvalue weighted by Crippen LogP contribution is -2.40. The predicted molar refractivity (Wildman–Crippen MR) is 75.6 cm³/mol. The Morgan fingerprint density at radius 2 is 2.00 bits per heavy atom. The fraction of sp³-hybridized carbons (Fsp3) is 0.625. The van der Waals surface area contributed by atoms with Crippen molar-refractivity contribution >= 4 is 0 Å². The van der Waals surface area contributed by atoms with Gasteiger partial charge in [-0.1, -0.05) is 43.7 Å². The lowest BCUT2D eigenvalue weighted by Gasteiger charge is -2.32. The third-order valence-corrected chi connectivity index (χ3v) is 3.77. The average molecular weight is 247 g/mol. The minimum Gasteiger partial charge on any atom is -0.378 e. The molecule has 1 fully saturated rings. The minimum atomic E-state index is 0.425. The Balaban J connectivity index is 1.81. The summed E-state index contributed by atoms with van der Waals surface area (Å²) >= 11 is 0. The highest BCUT2D eigenvalue weighted by Gasteiger charge is 2.24. The molecule has 1 aliphatic rings. The van der Waals surface area contributed by atoms with Crippen molar-refractivity contribution in [2.45, 2.75) is 52.3 Å². The van der Waals surface area contributed by atoms with Crippen LogP contribution in [0.25, 0.3) is 0 Å². The van der Waals surface area contributed by atoms with Crippen LogP contribution in [-0.4, -0.2) is 18.8 Å². The molecule has 2 atom stereocenters. The number of ether oxygens (including phenoxy) is 1. The summed E-state index contributed by atoms with van der Waals surface area (Å²) in [7, 11) is 0. The van der Waals surface area contributed by atoms with Crippen LogP contribution >= 0.6 is 0 Å². The number of hydrogen-bond donors (Lipinski definition) is 1. The van der Waals surface area contributed by atoms with Gasteiger partial charge in [0.05, 0.1) is 6.10 Å². The smallest absolute Gasteiger partial charge is 0.0612 e. The molecule has 1 N–H and O–H groups in total. The van der Waals surface area contributed by atoms with Gasteiger partial charge in [-0.15, -0.1) is 0 Å². The largest absolute Gasteiger partial charge is 0.378 e. The molecule has 0 bridgehead atoms. The number of hydrogen-bond acceptors (Lipinski definition) is 2. The SMILES string of the molecule is Cc1ccc(CNC2CCOC(C(C)C)C2)cc1. The highest BCUT2D eigenvalue weighted by atomic mass is 16.5.